The quantitative estimate of drug-likeness (QED) is 0.782. The second-order valence-electron chi connectivity index (χ2n) is 4.50. The van der Waals surface area contributed by atoms with Crippen molar-refractivity contribution >= 4 is 22.9 Å². The third-order valence-corrected chi connectivity index (χ3v) is 4.29. The molecule has 0 amide bonds. The molecule has 0 aliphatic rings. The Labute approximate surface area is 134 Å². The lowest BCUT2D eigenvalue weighted by atomic mass is 10.2. The van der Waals surface area contributed by atoms with Gasteiger partial charge in [0.2, 0.25) is 0 Å². The number of benzene rings is 1. The number of thiazole rings is 1. The van der Waals surface area contributed by atoms with Crippen LogP contribution in [0.4, 0.5) is 0 Å². The smallest absolute Gasteiger partial charge is 0.179 e. The van der Waals surface area contributed by atoms with Gasteiger partial charge < -0.3 is 14.8 Å². The van der Waals surface area contributed by atoms with Gasteiger partial charge in [0.1, 0.15) is 5.01 Å². The molecule has 0 aliphatic carbocycles. The number of aromatic nitrogens is 1. The number of ether oxygens (including phenoxy) is 2. The molecule has 2 aromatic rings. The monoisotopic (exact) mass is 326 g/mol. The Morgan fingerprint density at radius 3 is 2.76 bits per heavy atom. The fraction of sp³-hybridized carbons (Fsp3) is 0.400. The first kappa shape index (κ1) is 16.1. The fourth-order valence-electron chi connectivity index (χ4n) is 1.95. The van der Waals surface area contributed by atoms with Gasteiger partial charge in [-0.05, 0) is 25.1 Å². The van der Waals surface area contributed by atoms with Gasteiger partial charge in [0.25, 0.3) is 0 Å². The molecule has 6 heteroatoms. The molecule has 0 saturated carbocycles. The molecule has 0 fully saturated rings. The van der Waals surface area contributed by atoms with Crippen molar-refractivity contribution in [2.75, 3.05) is 20.8 Å². The van der Waals surface area contributed by atoms with Crippen LogP contribution in [0.1, 0.15) is 18.2 Å². The van der Waals surface area contributed by atoms with Gasteiger partial charge in [0.05, 0.1) is 19.2 Å². The van der Waals surface area contributed by atoms with E-state index in [1.807, 2.05) is 18.3 Å². The molecule has 114 valence electrons. The molecular formula is C15H19ClN2O2S. The first-order valence-corrected chi connectivity index (χ1v) is 7.96. The van der Waals surface area contributed by atoms with Crippen LogP contribution >= 0.6 is 22.9 Å². The topological polar surface area (TPSA) is 43.4 Å². The predicted molar refractivity (Wildman–Crippen MR) is 87.7 cm³/mol. The van der Waals surface area contributed by atoms with Crippen LogP contribution in [0, 0.1) is 0 Å². The minimum atomic E-state index is 0.521. The Morgan fingerprint density at radius 1 is 1.29 bits per heavy atom. The maximum Gasteiger partial charge on any atom is 0.179 e. The Bertz CT molecular complexity index is 601. The highest BCUT2D eigenvalue weighted by Crippen LogP contribution is 2.40. The molecule has 1 heterocycles. The van der Waals surface area contributed by atoms with Crippen LogP contribution in [0.15, 0.2) is 18.3 Å². The zero-order chi connectivity index (χ0) is 15.2. The Balaban J connectivity index is 2.24. The highest BCUT2D eigenvalue weighted by atomic mass is 35.5. The SMILES string of the molecule is CCCNCc1cnc(-c2cc(Cl)c(OC)c(OC)c2)s1. The van der Waals surface area contributed by atoms with E-state index in [0.717, 1.165) is 30.1 Å². The second-order valence-corrected chi connectivity index (χ2v) is 6.02. The number of nitrogens with one attached hydrogen (secondary N) is 1. The van der Waals surface area contributed by atoms with E-state index < -0.39 is 0 Å². The van der Waals surface area contributed by atoms with Gasteiger partial charge in [-0.15, -0.1) is 11.3 Å². The van der Waals surface area contributed by atoms with Gasteiger partial charge in [0.15, 0.2) is 11.5 Å². The third-order valence-electron chi connectivity index (χ3n) is 2.96. The predicted octanol–water partition coefficient (Wildman–Crippen LogP) is 3.98. The average molecular weight is 327 g/mol. The van der Waals surface area contributed by atoms with Gasteiger partial charge in [-0.2, -0.15) is 0 Å². The van der Waals surface area contributed by atoms with Gasteiger partial charge in [-0.1, -0.05) is 18.5 Å². The van der Waals surface area contributed by atoms with E-state index in [1.165, 1.54) is 4.88 Å². The molecule has 0 saturated heterocycles. The first-order valence-electron chi connectivity index (χ1n) is 6.76. The Morgan fingerprint density at radius 2 is 2.10 bits per heavy atom. The Kier molecular flexibility index (Phi) is 5.85. The van der Waals surface area contributed by atoms with E-state index >= 15 is 0 Å². The van der Waals surface area contributed by atoms with Crippen molar-refractivity contribution in [3.05, 3.63) is 28.2 Å². The maximum atomic E-state index is 6.23. The number of halogens is 1. The van der Waals surface area contributed by atoms with Crippen LogP contribution in [0.25, 0.3) is 10.6 Å². The standard InChI is InChI=1S/C15H19ClN2O2S/c1-4-5-17-8-11-9-18-15(21-11)10-6-12(16)14(20-3)13(7-10)19-2/h6-7,9,17H,4-5,8H2,1-3H3. The summed E-state index contributed by atoms with van der Waals surface area (Å²) in [6.45, 7) is 4.00. The minimum Gasteiger partial charge on any atom is -0.493 e. The molecule has 1 N–H and O–H groups in total. The van der Waals surface area contributed by atoms with Crippen LogP contribution in [0.3, 0.4) is 0 Å². The summed E-state index contributed by atoms with van der Waals surface area (Å²) in [5.41, 5.74) is 0.935. The number of rotatable bonds is 7. The van der Waals surface area contributed by atoms with Gasteiger partial charge >= 0.3 is 0 Å². The maximum absolute atomic E-state index is 6.23. The van der Waals surface area contributed by atoms with E-state index in [-0.39, 0.29) is 0 Å². The molecule has 2 rings (SSSR count). The largest absolute Gasteiger partial charge is 0.493 e. The molecule has 1 aromatic heterocycles. The van der Waals surface area contributed by atoms with Crippen molar-refractivity contribution in [1.82, 2.24) is 10.3 Å². The molecule has 21 heavy (non-hydrogen) atoms. The lowest BCUT2D eigenvalue weighted by molar-refractivity contribution is 0.355. The average Bonchev–Trinajstić information content (AvgIpc) is 2.95. The van der Waals surface area contributed by atoms with Crippen LogP contribution in [-0.4, -0.2) is 25.7 Å². The summed E-state index contributed by atoms with van der Waals surface area (Å²) >= 11 is 7.88. The van der Waals surface area contributed by atoms with E-state index in [2.05, 4.69) is 17.2 Å². The molecule has 4 nitrogen and oxygen atoms in total. The van der Waals surface area contributed by atoms with E-state index in [1.54, 1.807) is 25.6 Å². The summed E-state index contributed by atoms with van der Waals surface area (Å²) in [6, 6.07) is 3.75. The van der Waals surface area contributed by atoms with Gasteiger partial charge in [0, 0.05) is 23.2 Å². The molecule has 0 aliphatic heterocycles. The zero-order valence-corrected chi connectivity index (χ0v) is 14.0. The van der Waals surface area contributed by atoms with Gasteiger partial charge in [-0.25, -0.2) is 4.98 Å². The molecule has 0 unspecified atom stereocenters. The van der Waals surface area contributed by atoms with Crippen molar-refractivity contribution < 1.29 is 9.47 Å². The van der Waals surface area contributed by atoms with E-state index in [9.17, 15) is 0 Å². The number of methoxy groups -OCH3 is 2. The summed E-state index contributed by atoms with van der Waals surface area (Å²) in [6.07, 6.45) is 3.02. The van der Waals surface area contributed by atoms with Crippen molar-refractivity contribution in [2.45, 2.75) is 19.9 Å². The van der Waals surface area contributed by atoms with Crippen LogP contribution in [0.2, 0.25) is 5.02 Å². The molecule has 0 bridgehead atoms. The Hall–Kier alpha value is -1.30. The van der Waals surface area contributed by atoms with E-state index in [4.69, 9.17) is 21.1 Å². The normalized spacial score (nSPS) is 10.7. The molecule has 0 spiro atoms. The van der Waals surface area contributed by atoms with Gasteiger partial charge in [-0.3, -0.25) is 0 Å². The zero-order valence-electron chi connectivity index (χ0n) is 12.4. The number of hydrogen-bond donors (Lipinski definition) is 1. The molecular weight excluding hydrogens is 308 g/mol. The summed E-state index contributed by atoms with van der Waals surface area (Å²) in [5, 5.41) is 4.81. The lowest BCUT2D eigenvalue weighted by Crippen LogP contribution is -2.12. The summed E-state index contributed by atoms with van der Waals surface area (Å²) in [5.74, 6) is 1.16. The first-order chi connectivity index (χ1) is 10.2. The van der Waals surface area contributed by atoms with Crippen LogP contribution in [-0.2, 0) is 6.54 Å². The highest BCUT2D eigenvalue weighted by molar-refractivity contribution is 7.15. The number of hydrogen-bond acceptors (Lipinski definition) is 5. The van der Waals surface area contributed by atoms with Crippen molar-refractivity contribution in [3.63, 3.8) is 0 Å². The number of nitrogens with zero attached hydrogens (tertiary/aromatic N) is 1. The van der Waals surface area contributed by atoms with E-state index in [0.29, 0.717) is 16.5 Å². The highest BCUT2D eigenvalue weighted by Gasteiger charge is 2.14. The molecule has 1 aromatic carbocycles. The lowest BCUT2D eigenvalue weighted by Gasteiger charge is -2.10. The van der Waals surface area contributed by atoms with Crippen molar-refractivity contribution in [1.29, 1.82) is 0 Å². The second kappa shape index (κ2) is 7.64. The summed E-state index contributed by atoms with van der Waals surface area (Å²) in [7, 11) is 3.17. The molecule has 0 radical (unpaired) electrons. The molecule has 0 atom stereocenters. The summed E-state index contributed by atoms with van der Waals surface area (Å²) in [4.78, 5) is 5.66. The fourth-order valence-corrected chi connectivity index (χ4v) is 3.11. The van der Waals surface area contributed by atoms with Crippen molar-refractivity contribution in [2.24, 2.45) is 0 Å². The minimum absolute atomic E-state index is 0.521. The summed E-state index contributed by atoms with van der Waals surface area (Å²) < 4.78 is 10.6. The van der Waals surface area contributed by atoms with Crippen LogP contribution < -0.4 is 14.8 Å². The van der Waals surface area contributed by atoms with Crippen molar-refractivity contribution in [3.8, 4) is 22.1 Å². The van der Waals surface area contributed by atoms with Crippen LogP contribution in [0.5, 0.6) is 11.5 Å². The third kappa shape index (κ3) is 3.87.